The zero-order valence-electron chi connectivity index (χ0n) is 15.3. The molecule has 1 aromatic rings. The van der Waals surface area contributed by atoms with Crippen LogP contribution in [0.15, 0.2) is 24.3 Å². The minimum Gasteiger partial charge on any atom is -0.426 e. The van der Waals surface area contributed by atoms with E-state index in [1.54, 1.807) is 24.3 Å². The summed E-state index contributed by atoms with van der Waals surface area (Å²) in [7, 11) is 0. The lowest BCUT2D eigenvalue weighted by Crippen LogP contribution is -2.11. The molecule has 4 nitrogen and oxygen atoms in total. The van der Waals surface area contributed by atoms with Gasteiger partial charge in [0.05, 0.1) is 0 Å². The van der Waals surface area contributed by atoms with E-state index in [-0.39, 0.29) is 11.9 Å². The van der Waals surface area contributed by atoms with Gasteiger partial charge in [0.1, 0.15) is 11.5 Å². The van der Waals surface area contributed by atoms with Crippen molar-refractivity contribution < 1.29 is 19.1 Å². The van der Waals surface area contributed by atoms with Crippen molar-refractivity contribution in [2.75, 3.05) is 0 Å². The van der Waals surface area contributed by atoms with Gasteiger partial charge in [0.15, 0.2) is 0 Å². The molecule has 0 fully saturated rings. The van der Waals surface area contributed by atoms with Gasteiger partial charge in [-0.2, -0.15) is 0 Å². The molecule has 0 aliphatic heterocycles. The van der Waals surface area contributed by atoms with Crippen LogP contribution in [-0.4, -0.2) is 11.9 Å². The minimum atomic E-state index is -0.254. The van der Waals surface area contributed by atoms with Crippen LogP contribution in [0.4, 0.5) is 0 Å². The molecule has 4 heteroatoms. The van der Waals surface area contributed by atoms with Crippen molar-refractivity contribution >= 4 is 11.9 Å². The molecule has 0 amide bonds. The van der Waals surface area contributed by atoms with E-state index in [1.165, 1.54) is 0 Å². The van der Waals surface area contributed by atoms with E-state index < -0.39 is 0 Å². The molecule has 0 saturated heterocycles. The molecule has 0 spiro atoms. The van der Waals surface area contributed by atoms with Gasteiger partial charge >= 0.3 is 11.9 Å². The summed E-state index contributed by atoms with van der Waals surface area (Å²) in [6, 6.07) is 6.69. The summed E-state index contributed by atoms with van der Waals surface area (Å²) in [6.45, 7) is 8.45. The van der Waals surface area contributed by atoms with Crippen LogP contribution in [0.3, 0.4) is 0 Å². The Labute approximate surface area is 145 Å². The fourth-order valence-electron chi connectivity index (χ4n) is 2.10. The van der Waals surface area contributed by atoms with E-state index in [0.717, 1.165) is 25.7 Å². The number of benzene rings is 1. The molecule has 24 heavy (non-hydrogen) atoms. The molecule has 134 valence electrons. The smallest absolute Gasteiger partial charge is 0.311 e. The fraction of sp³-hybridized carbons (Fsp3) is 0.600. The highest BCUT2D eigenvalue weighted by Gasteiger charge is 2.11. The van der Waals surface area contributed by atoms with Crippen molar-refractivity contribution in [2.24, 2.45) is 11.8 Å². The highest BCUT2D eigenvalue weighted by Crippen LogP contribution is 2.21. The zero-order chi connectivity index (χ0) is 17.9. The standard InChI is InChI=1S/C20H30O4/c1-5-15(3)10-12-19(21)23-17-8-7-9-18(14-17)24-20(22)13-11-16(4)6-2/h7-9,14-16H,5-6,10-13H2,1-4H3. The normalized spacial score (nSPS) is 13.2. The maximum absolute atomic E-state index is 11.8. The summed E-state index contributed by atoms with van der Waals surface area (Å²) in [5.41, 5.74) is 0. The van der Waals surface area contributed by atoms with Crippen molar-refractivity contribution in [1.82, 2.24) is 0 Å². The largest absolute Gasteiger partial charge is 0.426 e. The first-order chi connectivity index (χ1) is 11.4. The molecular formula is C20H30O4. The molecule has 1 rings (SSSR count). The lowest BCUT2D eigenvalue weighted by molar-refractivity contribution is -0.135. The van der Waals surface area contributed by atoms with E-state index in [9.17, 15) is 9.59 Å². The second kappa shape index (κ2) is 10.8. The molecule has 0 bridgehead atoms. The number of rotatable bonds is 10. The number of carbonyl (C=O) groups excluding carboxylic acids is 2. The lowest BCUT2D eigenvalue weighted by Gasteiger charge is -2.10. The third kappa shape index (κ3) is 8.14. The van der Waals surface area contributed by atoms with Gasteiger partial charge in [0.25, 0.3) is 0 Å². The second-order valence-corrected chi connectivity index (χ2v) is 6.53. The molecule has 0 aliphatic carbocycles. The van der Waals surface area contributed by atoms with Gasteiger partial charge in [0.2, 0.25) is 0 Å². The van der Waals surface area contributed by atoms with Crippen LogP contribution in [-0.2, 0) is 9.59 Å². The van der Waals surface area contributed by atoms with Crippen LogP contribution in [0.25, 0.3) is 0 Å². The van der Waals surface area contributed by atoms with Crippen molar-refractivity contribution in [3.8, 4) is 11.5 Å². The van der Waals surface area contributed by atoms with Crippen molar-refractivity contribution in [3.05, 3.63) is 24.3 Å². The van der Waals surface area contributed by atoms with Crippen LogP contribution in [0, 0.1) is 11.8 Å². The summed E-state index contributed by atoms with van der Waals surface area (Å²) in [5, 5.41) is 0. The van der Waals surface area contributed by atoms with E-state index in [4.69, 9.17) is 9.47 Å². The number of hydrogen-bond acceptors (Lipinski definition) is 4. The predicted molar refractivity (Wildman–Crippen MR) is 95.1 cm³/mol. The molecule has 1 aromatic carbocycles. The highest BCUT2D eigenvalue weighted by atomic mass is 16.5. The van der Waals surface area contributed by atoms with Crippen molar-refractivity contribution in [2.45, 2.75) is 66.2 Å². The number of carbonyl (C=O) groups is 2. The van der Waals surface area contributed by atoms with Gasteiger partial charge in [-0.25, -0.2) is 0 Å². The molecule has 0 heterocycles. The van der Waals surface area contributed by atoms with Gasteiger partial charge in [-0.15, -0.1) is 0 Å². The van der Waals surface area contributed by atoms with Gasteiger partial charge in [0, 0.05) is 18.9 Å². The molecular weight excluding hydrogens is 304 g/mol. The molecule has 2 atom stereocenters. The van der Waals surface area contributed by atoms with E-state index in [2.05, 4.69) is 27.7 Å². The number of hydrogen-bond donors (Lipinski definition) is 0. The van der Waals surface area contributed by atoms with Crippen LogP contribution in [0.1, 0.15) is 66.2 Å². The van der Waals surface area contributed by atoms with Gasteiger partial charge in [-0.05, 0) is 36.8 Å². The Balaban J connectivity index is 2.48. The minimum absolute atomic E-state index is 0.254. The van der Waals surface area contributed by atoms with Crippen LogP contribution < -0.4 is 9.47 Å². The summed E-state index contributed by atoms with van der Waals surface area (Å²) < 4.78 is 10.6. The molecule has 2 unspecified atom stereocenters. The predicted octanol–water partition coefficient (Wildman–Crippen LogP) is 5.15. The first-order valence-electron chi connectivity index (χ1n) is 8.96. The maximum atomic E-state index is 11.8. The average Bonchev–Trinajstić information content (AvgIpc) is 2.57. The van der Waals surface area contributed by atoms with Crippen LogP contribution in [0.5, 0.6) is 11.5 Å². The highest BCUT2D eigenvalue weighted by molar-refractivity contribution is 5.74. The van der Waals surface area contributed by atoms with Gasteiger partial charge in [-0.3, -0.25) is 9.59 Å². The second-order valence-electron chi connectivity index (χ2n) is 6.53. The van der Waals surface area contributed by atoms with E-state index in [0.29, 0.717) is 36.2 Å². The summed E-state index contributed by atoms with van der Waals surface area (Å²) in [5.74, 6) is 1.34. The van der Waals surface area contributed by atoms with Crippen molar-refractivity contribution in [1.29, 1.82) is 0 Å². The molecule has 0 aliphatic rings. The fourth-order valence-corrected chi connectivity index (χ4v) is 2.10. The van der Waals surface area contributed by atoms with Crippen LogP contribution in [0.2, 0.25) is 0 Å². The Morgan fingerprint density at radius 1 is 0.875 bits per heavy atom. The van der Waals surface area contributed by atoms with Gasteiger partial charge in [-0.1, -0.05) is 46.6 Å². The Kier molecular flexibility index (Phi) is 9.13. The third-order valence-corrected chi connectivity index (χ3v) is 4.35. The molecule has 0 aromatic heterocycles. The Bertz CT molecular complexity index is 481. The number of ether oxygens (including phenoxy) is 2. The van der Waals surface area contributed by atoms with E-state index >= 15 is 0 Å². The Morgan fingerprint density at radius 3 is 1.67 bits per heavy atom. The average molecular weight is 334 g/mol. The van der Waals surface area contributed by atoms with Crippen LogP contribution >= 0.6 is 0 Å². The third-order valence-electron chi connectivity index (χ3n) is 4.35. The first-order valence-corrected chi connectivity index (χ1v) is 8.96. The number of esters is 2. The molecule has 0 saturated carbocycles. The van der Waals surface area contributed by atoms with Gasteiger partial charge < -0.3 is 9.47 Å². The quantitative estimate of drug-likeness (QED) is 0.438. The molecule has 0 radical (unpaired) electrons. The summed E-state index contributed by atoms with van der Waals surface area (Å²) in [6.07, 6.45) is 4.53. The topological polar surface area (TPSA) is 52.6 Å². The monoisotopic (exact) mass is 334 g/mol. The first kappa shape index (κ1) is 20.2. The maximum Gasteiger partial charge on any atom is 0.311 e. The van der Waals surface area contributed by atoms with E-state index in [1.807, 2.05) is 0 Å². The Morgan fingerprint density at radius 2 is 1.29 bits per heavy atom. The lowest BCUT2D eigenvalue weighted by atomic mass is 10.0. The van der Waals surface area contributed by atoms with Crippen molar-refractivity contribution in [3.63, 3.8) is 0 Å². The SMILES string of the molecule is CCC(C)CCC(=O)Oc1cccc(OC(=O)CCC(C)CC)c1. The summed E-state index contributed by atoms with van der Waals surface area (Å²) >= 11 is 0. The Hall–Kier alpha value is -1.84. The summed E-state index contributed by atoms with van der Waals surface area (Å²) in [4.78, 5) is 23.7. The zero-order valence-corrected chi connectivity index (χ0v) is 15.3. The molecule has 0 N–H and O–H groups in total.